The van der Waals surface area contributed by atoms with Gasteiger partial charge in [-0.3, -0.25) is 9.80 Å². The standard InChI is InChI=1S/C14H27N5.2ClH/c1-6-18(12(3)4)13(9-8-10-15)19(7-2)14(5)11-16-17-14;;/h12-13H,6-9,11H2,1-5H3;2*1H. The summed E-state index contributed by atoms with van der Waals surface area (Å²) in [7, 11) is 0. The van der Waals surface area contributed by atoms with Crippen molar-refractivity contribution in [1.82, 2.24) is 9.80 Å². The van der Waals surface area contributed by atoms with Crippen molar-refractivity contribution in [3.8, 4) is 6.07 Å². The molecule has 0 amide bonds. The molecule has 21 heavy (non-hydrogen) atoms. The molecule has 7 heteroatoms. The fourth-order valence-electron chi connectivity index (χ4n) is 2.91. The van der Waals surface area contributed by atoms with Crippen LogP contribution in [0.3, 0.4) is 0 Å². The minimum atomic E-state index is -0.183. The van der Waals surface area contributed by atoms with Crippen molar-refractivity contribution in [1.29, 1.82) is 5.26 Å². The van der Waals surface area contributed by atoms with Crippen LogP contribution >= 0.6 is 24.8 Å². The SMILES string of the molecule is CCN(C(C)C)C(CCC#N)N(CC)C1(C)CN=N1.Cl.Cl. The summed E-state index contributed by atoms with van der Waals surface area (Å²) in [4.78, 5) is 4.83. The van der Waals surface area contributed by atoms with Crippen LogP contribution in [0.4, 0.5) is 0 Å². The molecular formula is C14H29Cl2N5. The summed E-state index contributed by atoms with van der Waals surface area (Å²) in [6.45, 7) is 13.6. The lowest BCUT2D eigenvalue weighted by molar-refractivity contribution is -0.0520. The van der Waals surface area contributed by atoms with Gasteiger partial charge < -0.3 is 0 Å². The number of likely N-dealkylation sites (N-methyl/N-ethyl adjacent to an activating group) is 1. The van der Waals surface area contributed by atoms with E-state index in [0.717, 1.165) is 26.1 Å². The summed E-state index contributed by atoms with van der Waals surface area (Å²) >= 11 is 0. The van der Waals surface area contributed by atoms with Crippen LogP contribution in [0.5, 0.6) is 0 Å². The van der Waals surface area contributed by atoms with Gasteiger partial charge in [0, 0.05) is 12.5 Å². The lowest BCUT2D eigenvalue weighted by atomic mass is 10.1. The summed E-state index contributed by atoms with van der Waals surface area (Å²) in [5, 5.41) is 17.3. The molecule has 0 radical (unpaired) electrons. The fraction of sp³-hybridized carbons (Fsp3) is 0.929. The molecule has 1 heterocycles. The third-order valence-electron chi connectivity index (χ3n) is 3.90. The Hall–Kier alpha value is -0.410. The maximum Gasteiger partial charge on any atom is 0.153 e. The highest BCUT2D eigenvalue weighted by atomic mass is 35.5. The number of halogens is 2. The highest BCUT2D eigenvalue weighted by molar-refractivity contribution is 5.85. The van der Waals surface area contributed by atoms with Gasteiger partial charge in [0.1, 0.15) is 6.54 Å². The molecule has 0 aromatic carbocycles. The quantitative estimate of drug-likeness (QED) is 0.634. The lowest BCUT2D eigenvalue weighted by Crippen LogP contribution is -2.61. The zero-order chi connectivity index (χ0) is 14.5. The van der Waals surface area contributed by atoms with Crippen LogP contribution < -0.4 is 0 Å². The van der Waals surface area contributed by atoms with Crippen molar-refractivity contribution in [3.05, 3.63) is 0 Å². The Kier molecular flexibility index (Phi) is 11.3. The number of nitrogens with zero attached hydrogens (tertiary/aromatic N) is 5. The smallest absolute Gasteiger partial charge is 0.153 e. The Balaban J connectivity index is 0. The van der Waals surface area contributed by atoms with Crippen LogP contribution in [0, 0.1) is 11.3 Å². The molecule has 0 aromatic heterocycles. The Labute approximate surface area is 141 Å². The molecule has 1 aliphatic rings. The van der Waals surface area contributed by atoms with Crippen LogP contribution in [0.15, 0.2) is 10.2 Å². The molecule has 1 rings (SSSR count). The van der Waals surface area contributed by atoms with Crippen LogP contribution in [0.25, 0.3) is 0 Å². The van der Waals surface area contributed by atoms with Crippen LogP contribution in [-0.4, -0.2) is 47.3 Å². The number of rotatable bonds is 8. The number of nitriles is 1. The highest BCUT2D eigenvalue weighted by Gasteiger charge is 2.41. The molecule has 0 bridgehead atoms. The molecular weight excluding hydrogens is 309 g/mol. The third-order valence-corrected chi connectivity index (χ3v) is 3.90. The van der Waals surface area contributed by atoms with E-state index < -0.39 is 0 Å². The summed E-state index contributed by atoms with van der Waals surface area (Å²) in [6, 6.07) is 2.74. The van der Waals surface area contributed by atoms with E-state index in [1.807, 2.05) is 0 Å². The van der Waals surface area contributed by atoms with Gasteiger partial charge >= 0.3 is 0 Å². The second-order valence-electron chi connectivity index (χ2n) is 5.50. The van der Waals surface area contributed by atoms with E-state index >= 15 is 0 Å². The molecule has 124 valence electrons. The topological polar surface area (TPSA) is 55.0 Å². The van der Waals surface area contributed by atoms with Crippen LogP contribution in [-0.2, 0) is 0 Å². The first-order chi connectivity index (χ1) is 9.00. The van der Waals surface area contributed by atoms with Gasteiger partial charge in [-0.25, -0.2) is 0 Å². The average Bonchev–Trinajstić information content (AvgIpc) is 2.34. The average molecular weight is 338 g/mol. The first-order valence-corrected chi connectivity index (χ1v) is 7.28. The fourth-order valence-corrected chi connectivity index (χ4v) is 2.91. The Morgan fingerprint density at radius 3 is 2.10 bits per heavy atom. The van der Waals surface area contributed by atoms with Gasteiger partial charge in [-0.15, -0.1) is 24.8 Å². The molecule has 0 saturated heterocycles. The van der Waals surface area contributed by atoms with Gasteiger partial charge in [0.15, 0.2) is 5.66 Å². The monoisotopic (exact) mass is 337 g/mol. The van der Waals surface area contributed by atoms with Gasteiger partial charge in [-0.2, -0.15) is 15.5 Å². The lowest BCUT2D eigenvalue weighted by Gasteiger charge is -2.49. The number of hydrogen-bond donors (Lipinski definition) is 0. The highest BCUT2D eigenvalue weighted by Crippen LogP contribution is 2.30. The number of hydrogen-bond acceptors (Lipinski definition) is 5. The maximum absolute atomic E-state index is 8.91. The minimum absolute atomic E-state index is 0. The first kappa shape index (κ1) is 22.9. The Morgan fingerprint density at radius 1 is 1.24 bits per heavy atom. The zero-order valence-corrected chi connectivity index (χ0v) is 15.4. The van der Waals surface area contributed by atoms with Crippen LogP contribution in [0.1, 0.15) is 47.5 Å². The molecule has 0 N–H and O–H groups in total. The molecule has 5 nitrogen and oxygen atoms in total. The second kappa shape index (κ2) is 10.3. The van der Waals surface area contributed by atoms with E-state index in [0.29, 0.717) is 12.5 Å². The third kappa shape index (κ3) is 5.37. The van der Waals surface area contributed by atoms with Crippen molar-refractivity contribution in [2.24, 2.45) is 10.2 Å². The van der Waals surface area contributed by atoms with Crippen LogP contribution in [0.2, 0.25) is 0 Å². The van der Waals surface area contributed by atoms with E-state index in [2.05, 4.69) is 60.7 Å². The molecule has 0 aromatic rings. The normalized spacial score (nSPS) is 21.5. The van der Waals surface area contributed by atoms with Crippen molar-refractivity contribution in [2.45, 2.75) is 65.3 Å². The molecule has 2 unspecified atom stereocenters. The molecule has 0 fully saturated rings. The first-order valence-electron chi connectivity index (χ1n) is 7.28. The molecule has 0 spiro atoms. The predicted octanol–water partition coefficient (Wildman–Crippen LogP) is 3.69. The minimum Gasteiger partial charge on any atom is -0.286 e. The van der Waals surface area contributed by atoms with Crippen molar-refractivity contribution < 1.29 is 0 Å². The Bertz CT molecular complexity index is 356. The summed E-state index contributed by atoms with van der Waals surface area (Å²) in [6.07, 6.45) is 1.71. The maximum atomic E-state index is 8.91. The summed E-state index contributed by atoms with van der Waals surface area (Å²) in [5.74, 6) is 0. The van der Waals surface area contributed by atoms with E-state index in [-0.39, 0.29) is 36.6 Å². The molecule has 2 atom stereocenters. The zero-order valence-electron chi connectivity index (χ0n) is 13.7. The van der Waals surface area contributed by atoms with E-state index in [1.54, 1.807) is 0 Å². The molecule has 0 aliphatic carbocycles. The number of azo groups is 1. The molecule has 0 saturated carbocycles. The van der Waals surface area contributed by atoms with Gasteiger partial charge in [-0.05, 0) is 40.3 Å². The van der Waals surface area contributed by atoms with E-state index in [1.165, 1.54) is 0 Å². The molecule has 1 aliphatic heterocycles. The van der Waals surface area contributed by atoms with E-state index in [4.69, 9.17) is 5.26 Å². The predicted molar refractivity (Wildman–Crippen MR) is 91.2 cm³/mol. The van der Waals surface area contributed by atoms with Crippen molar-refractivity contribution >= 4 is 24.8 Å². The summed E-state index contributed by atoms with van der Waals surface area (Å²) < 4.78 is 0. The largest absolute Gasteiger partial charge is 0.286 e. The van der Waals surface area contributed by atoms with Crippen molar-refractivity contribution in [3.63, 3.8) is 0 Å². The van der Waals surface area contributed by atoms with Gasteiger partial charge in [0.05, 0.1) is 12.2 Å². The van der Waals surface area contributed by atoms with Gasteiger partial charge in [-0.1, -0.05) is 13.8 Å². The van der Waals surface area contributed by atoms with Gasteiger partial charge in [0.25, 0.3) is 0 Å². The van der Waals surface area contributed by atoms with Crippen molar-refractivity contribution in [2.75, 3.05) is 19.6 Å². The Morgan fingerprint density at radius 2 is 1.81 bits per heavy atom. The van der Waals surface area contributed by atoms with Gasteiger partial charge in [0.2, 0.25) is 0 Å². The van der Waals surface area contributed by atoms with E-state index in [9.17, 15) is 0 Å². The summed E-state index contributed by atoms with van der Waals surface area (Å²) in [5.41, 5.74) is -0.183. The second-order valence-corrected chi connectivity index (χ2v) is 5.50.